The summed E-state index contributed by atoms with van der Waals surface area (Å²) in [5, 5.41) is 16.6. The standard InChI is InChI=1S/C24H33N3O2/c1-2-25-24(27-17-22(18-28)19-10-5-3-6-11-19)26-16-21-14-9-15-29-23(21)20-12-7-4-8-13-20/h3-8,10-13,21-23,28H,2,9,14-18H2,1H3,(H2,25,26,27). The molecule has 1 aliphatic heterocycles. The zero-order chi connectivity index (χ0) is 20.3. The van der Waals surface area contributed by atoms with Gasteiger partial charge in [0.25, 0.3) is 0 Å². The van der Waals surface area contributed by atoms with Gasteiger partial charge in [-0.15, -0.1) is 0 Å². The fraction of sp³-hybridized carbons (Fsp3) is 0.458. The highest BCUT2D eigenvalue weighted by molar-refractivity contribution is 5.79. The summed E-state index contributed by atoms with van der Waals surface area (Å²) in [7, 11) is 0. The third kappa shape index (κ3) is 6.31. The van der Waals surface area contributed by atoms with Gasteiger partial charge >= 0.3 is 0 Å². The van der Waals surface area contributed by atoms with Crippen molar-refractivity contribution >= 4 is 5.96 Å². The lowest BCUT2D eigenvalue weighted by Gasteiger charge is -2.32. The first-order chi connectivity index (χ1) is 14.3. The van der Waals surface area contributed by atoms with Gasteiger partial charge in [-0.2, -0.15) is 0 Å². The van der Waals surface area contributed by atoms with Crippen LogP contribution in [-0.2, 0) is 4.74 Å². The molecule has 0 bridgehead atoms. The first kappa shape index (κ1) is 21.3. The third-order valence-corrected chi connectivity index (χ3v) is 5.41. The monoisotopic (exact) mass is 395 g/mol. The van der Waals surface area contributed by atoms with Gasteiger partial charge in [0.1, 0.15) is 0 Å². The first-order valence-electron chi connectivity index (χ1n) is 10.7. The highest BCUT2D eigenvalue weighted by Gasteiger charge is 2.27. The Bertz CT molecular complexity index is 736. The number of aliphatic hydroxyl groups excluding tert-OH is 1. The summed E-state index contributed by atoms with van der Waals surface area (Å²) < 4.78 is 6.11. The van der Waals surface area contributed by atoms with Crippen molar-refractivity contribution in [3.63, 3.8) is 0 Å². The molecule has 0 aliphatic carbocycles. The molecule has 1 heterocycles. The predicted molar refractivity (Wildman–Crippen MR) is 118 cm³/mol. The molecule has 0 spiro atoms. The number of aliphatic hydroxyl groups is 1. The second-order valence-electron chi connectivity index (χ2n) is 7.50. The molecule has 0 amide bonds. The Morgan fingerprint density at radius 3 is 2.52 bits per heavy atom. The van der Waals surface area contributed by atoms with Gasteiger partial charge in [-0.3, -0.25) is 4.99 Å². The lowest BCUT2D eigenvalue weighted by atomic mass is 9.89. The number of rotatable bonds is 8. The molecule has 5 heteroatoms. The molecule has 29 heavy (non-hydrogen) atoms. The van der Waals surface area contributed by atoms with Crippen LogP contribution in [0.4, 0.5) is 0 Å². The maximum Gasteiger partial charge on any atom is 0.191 e. The average molecular weight is 396 g/mol. The molecular weight excluding hydrogens is 362 g/mol. The maximum atomic E-state index is 9.79. The van der Waals surface area contributed by atoms with E-state index in [1.807, 2.05) is 36.4 Å². The van der Waals surface area contributed by atoms with Crippen LogP contribution in [0.3, 0.4) is 0 Å². The molecule has 156 valence electrons. The Kier molecular flexibility index (Phi) is 8.53. The minimum absolute atomic E-state index is 0.00161. The smallest absolute Gasteiger partial charge is 0.191 e. The molecule has 1 fully saturated rings. The van der Waals surface area contributed by atoms with E-state index in [0.29, 0.717) is 12.5 Å². The Morgan fingerprint density at radius 2 is 1.83 bits per heavy atom. The summed E-state index contributed by atoms with van der Waals surface area (Å²) in [6.07, 6.45) is 2.34. The van der Waals surface area contributed by atoms with Crippen LogP contribution in [-0.4, -0.2) is 43.9 Å². The summed E-state index contributed by atoms with van der Waals surface area (Å²) in [5.41, 5.74) is 2.35. The molecule has 3 rings (SSSR count). The largest absolute Gasteiger partial charge is 0.396 e. The first-order valence-corrected chi connectivity index (χ1v) is 10.7. The Labute approximate surface area is 174 Å². The predicted octanol–water partition coefficient (Wildman–Crippen LogP) is 3.49. The van der Waals surface area contributed by atoms with Gasteiger partial charge in [0.15, 0.2) is 5.96 Å². The van der Waals surface area contributed by atoms with Gasteiger partial charge in [0.05, 0.1) is 19.3 Å². The maximum absolute atomic E-state index is 9.79. The van der Waals surface area contributed by atoms with E-state index in [4.69, 9.17) is 9.73 Å². The second-order valence-corrected chi connectivity index (χ2v) is 7.50. The van der Waals surface area contributed by atoms with Crippen LogP contribution in [0.1, 0.15) is 42.9 Å². The minimum Gasteiger partial charge on any atom is -0.396 e. The summed E-state index contributed by atoms with van der Waals surface area (Å²) in [6, 6.07) is 20.5. The summed E-state index contributed by atoms with van der Waals surface area (Å²) >= 11 is 0. The molecule has 5 nitrogen and oxygen atoms in total. The van der Waals surface area contributed by atoms with E-state index in [9.17, 15) is 5.11 Å². The molecule has 3 unspecified atom stereocenters. The van der Waals surface area contributed by atoms with E-state index in [2.05, 4.69) is 41.8 Å². The summed E-state index contributed by atoms with van der Waals surface area (Å²) in [4.78, 5) is 4.74. The second kappa shape index (κ2) is 11.6. The lowest BCUT2D eigenvalue weighted by Crippen LogP contribution is -2.42. The highest BCUT2D eigenvalue weighted by atomic mass is 16.5. The summed E-state index contributed by atoms with van der Waals surface area (Å²) in [5.74, 6) is 1.19. The van der Waals surface area contributed by atoms with Crippen molar-refractivity contribution in [2.45, 2.75) is 31.8 Å². The lowest BCUT2D eigenvalue weighted by molar-refractivity contribution is -0.0265. The number of aliphatic imine (C=N–C) groups is 1. The summed E-state index contributed by atoms with van der Waals surface area (Å²) in [6.45, 7) is 5.11. The Balaban J connectivity index is 1.62. The van der Waals surface area contributed by atoms with Crippen LogP contribution in [0.2, 0.25) is 0 Å². The molecule has 1 aliphatic rings. The van der Waals surface area contributed by atoms with Crippen LogP contribution in [0, 0.1) is 5.92 Å². The quantitative estimate of drug-likeness (QED) is 0.473. The van der Waals surface area contributed by atoms with Crippen molar-refractivity contribution in [3.8, 4) is 0 Å². The molecule has 2 aromatic carbocycles. The van der Waals surface area contributed by atoms with Crippen molar-refractivity contribution < 1.29 is 9.84 Å². The fourth-order valence-corrected chi connectivity index (χ4v) is 3.83. The molecule has 3 atom stereocenters. The van der Waals surface area contributed by atoms with Crippen molar-refractivity contribution in [2.24, 2.45) is 10.9 Å². The molecule has 0 aromatic heterocycles. The van der Waals surface area contributed by atoms with Gasteiger partial charge in [-0.05, 0) is 30.9 Å². The third-order valence-electron chi connectivity index (χ3n) is 5.41. The number of nitrogens with one attached hydrogen (secondary N) is 2. The van der Waals surface area contributed by atoms with Gasteiger partial charge in [0, 0.05) is 31.5 Å². The molecule has 3 N–H and O–H groups in total. The van der Waals surface area contributed by atoms with E-state index in [-0.39, 0.29) is 18.6 Å². The number of ether oxygens (including phenoxy) is 1. The van der Waals surface area contributed by atoms with Gasteiger partial charge in [0.2, 0.25) is 0 Å². The number of benzene rings is 2. The molecule has 2 aromatic rings. The zero-order valence-electron chi connectivity index (χ0n) is 17.3. The molecule has 1 saturated heterocycles. The SMILES string of the molecule is CCNC(=NCC(CO)c1ccccc1)NCC1CCCOC1c1ccccc1. The van der Waals surface area contributed by atoms with Crippen molar-refractivity contribution in [2.75, 3.05) is 32.8 Å². The van der Waals surface area contributed by atoms with Crippen LogP contribution in [0.15, 0.2) is 65.7 Å². The number of guanidine groups is 1. The van der Waals surface area contributed by atoms with E-state index in [1.54, 1.807) is 0 Å². The van der Waals surface area contributed by atoms with E-state index >= 15 is 0 Å². The highest BCUT2D eigenvalue weighted by Crippen LogP contribution is 2.33. The van der Waals surface area contributed by atoms with Crippen LogP contribution in [0.25, 0.3) is 0 Å². The minimum atomic E-state index is 0.00161. The van der Waals surface area contributed by atoms with Crippen LogP contribution in [0.5, 0.6) is 0 Å². The average Bonchev–Trinajstić information content (AvgIpc) is 2.79. The Hall–Kier alpha value is -2.37. The molecule has 0 saturated carbocycles. The van der Waals surface area contributed by atoms with Crippen molar-refractivity contribution in [1.29, 1.82) is 0 Å². The Morgan fingerprint density at radius 1 is 1.10 bits per heavy atom. The molecule has 0 radical (unpaired) electrons. The van der Waals surface area contributed by atoms with E-state index in [0.717, 1.165) is 44.1 Å². The fourth-order valence-electron chi connectivity index (χ4n) is 3.83. The van der Waals surface area contributed by atoms with Gasteiger partial charge in [-0.1, -0.05) is 60.7 Å². The van der Waals surface area contributed by atoms with Crippen molar-refractivity contribution in [1.82, 2.24) is 10.6 Å². The van der Waals surface area contributed by atoms with Gasteiger partial charge < -0.3 is 20.5 Å². The van der Waals surface area contributed by atoms with Crippen LogP contribution >= 0.6 is 0 Å². The van der Waals surface area contributed by atoms with Gasteiger partial charge in [-0.25, -0.2) is 0 Å². The number of hydrogen-bond acceptors (Lipinski definition) is 3. The van der Waals surface area contributed by atoms with E-state index < -0.39 is 0 Å². The zero-order valence-corrected chi connectivity index (χ0v) is 17.3. The number of nitrogens with zero attached hydrogens (tertiary/aromatic N) is 1. The van der Waals surface area contributed by atoms with Crippen molar-refractivity contribution in [3.05, 3.63) is 71.8 Å². The van der Waals surface area contributed by atoms with Crippen LogP contribution < -0.4 is 10.6 Å². The topological polar surface area (TPSA) is 65.9 Å². The number of hydrogen-bond donors (Lipinski definition) is 3. The van der Waals surface area contributed by atoms with E-state index in [1.165, 1.54) is 5.56 Å². The molecular formula is C24H33N3O2. The normalized spacial score (nSPS) is 20.8.